The van der Waals surface area contributed by atoms with Gasteiger partial charge in [0.1, 0.15) is 0 Å². The second-order valence-corrected chi connectivity index (χ2v) is 17.0. The molecule has 4 heteroatoms. The summed E-state index contributed by atoms with van der Waals surface area (Å²) >= 11 is 1.87. The van der Waals surface area contributed by atoms with Gasteiger partial charge in [-0.15, -0.1) is 11.3 Å². The molecule has 0 fully saturated rings. The zero-order valence-corrected chi connectivity index (χ0v) is 34.9. The summed E-state index contributed by atoms with van der Waals surface area (Å²) in [5, 5.41) is 6.17. The van der Waals surface area contributed by atoms with E-state index in [-0.39, 0.29) is 0 Å². The van der Waals surface area contributed by atoms with E-state index < -0.39 is 0 Å². The summed E-state index contributed by atoms with van der Waals surface area (Å²) in [5.41, 5.74) is 14.9. The van der Waals surface area contributed by atoms with E-state index >= 15 is 0 Å². The number of thiophene rings is 1. The van der Waals surface area contributed by atoms with Crippen molar-refractivity contribution in [1.82, 2.24) is 15.0 Å². The molecular formula is C59H37N3S. The molecule has 0 amide bonds. The van der Waals surface area contributed by atoms with E-state index in [1.165, 1.54) is 47.5 Å². The van der Waals surface area contributed by atoms with Crippen LogP contribution < -0.4 is 0 Å². The first kappa shape index (κ1) is 36.8. The lowest BCUT2D eigenvalue weighted by Gasteiger charge is -2.12. The molecule has 3 aromatic heterocycles. The topological polar surface area (TPSA) is 38.7 Å². The third kappa shape index (κ3) is 6.74. The highest BCUT2D eigenvalue weighted by atomic mass is 32.1. The van der Waals surface area contributed by atoms with E-state index in [9.17, 15) is 0 Å². The molecule has 0 spiro atoms. The number of fused-ring (bicyclic) bond motifs is 7. The van der Waals surface area contributed by atoms with Crippen molar-refractivity contribution in [2.75, 3.05) is 0 Å². The number of pyridine rings is 1. The van der Waals surface area contributed by atoms with Gasteiger partial charge in [0, 0.05) is 58.6 Å². The Morgan fingerprint density at radius 2 is 0.794 bits per heavy atom. The van der Waals surface area contributed by atoms with E-state index in [2.05, 4.69) is 218 Å². The lowest BCUT2D eigenvalue weighted by atomic mass is 9.97. The molecule has 12 aromatic rings. The highest BCUT2D eigenvalue weighted by Gasteiger charge is 2.17. The molecule has 0 unspecified atom stereocenters. The normalized spacial score (nSPS) is 11.5. The quantitative estimate of drug-likeness (QED) is 0.150. The third-order valence-electron chi connectivity index (χ3n) is 12.1. The van der Waals surface area contributed by atoms with E-state index in [4.69, 9.17) is 15.0 Å². The van der Waals surface area contributed by atoms with E-state index in [0.717, 1.165) is 67.1 Å². The minimum atomic E-state index is 0.691. The Labute approximate surface area is 369 Å². The monoisotopic (exact) mass is 819 g/mol. The van der Waals surface area contributed by atoms with Gasteiger partial charge < -0.3 is 0 Å². The van der Waals surface area contributed by atoms with Crippen molar-refractivity contribution in [2.45, 2.75) is 0 Å². The maximum atomic E-state index is 5.24. The molecule has 0 aliphatic heterocycles. The number of hydrogen-bond donors (Lipinski definition) is 0. The number of nitrogens with zero attached hydrogens (tertiary/aromatic N) is 3. The smallest absolute Gasteiger partial charge is 0.160 e. The van der Waals surface area contributed by atoms with Gasteiger partial charge in [-0.3, -0.25) is 0 Å². The number of benzene rings is 9. The molecule has 0 radical (unpaired) electrons. The molecule has 0 saturated heterocycles. The zero-order valence-electron chi connectivity index (χ0n) is 34.1. The fourth-order valence-corrected chi connectivity index (χ4v) is 10.2. The molecule has 12 rings (SSSR count). The summed E-state index contributed by atoms with van der Waals surface area (Å²) in [5.74, 6) is 0.691. The lowest BCUT2D eigenvalue weighted by molar-refractivity contribution is 1.18. The SMILES string of the molecule is c1ccc(-c2cccc(-c3cc(-c4ccc(-c5ccc6sc7c(ccc8c(-c9ccccc9)nc9ccccc9c87)c6c5)cc4)nc(-c4cccc(-c5ccccc5)c4)n3)c2)cc1. The minimum Gasteiger partial charge on any atom is -0.247 e. The summed E-state index contributed by atoms with van der Waals surface area (Å²) in [6, 6.07) is 79.6. The van der Waals surface area contributed by atoms with Crippen LogP contribution in [-0.2, 0) is 0 Å². The van der Waals surface area contributed by atoms with Gasteiger partial charge >= 0.3 is 0 Å². The molecule has 3 heterocycles. The van der Waals surface area contributed by atoms with Crippen LogP contribution in [0.5, 0.6) is 0 Å². The average Bonchev–Trinajstić information content (AvgIpc) is 3.75. The predicted octanol–water partition coefficient (Wildman–Crippen LogP) is 16.2. The molecule has 0 saturated carbocycles. The number of hydrogen-bond acceptors (Lipinski definition) is 4. The maximum Gasteiger partial charge on any atom is 0.160 e. The molecule has 0 aliphatic carbocycles. The lowest BCUT2D eigenvalue weighted by Crippen LogP contribution is -1.96. The van der Waals surface area contributed by atoms with Gasteiger partial charge in [0.15, 0.2) is 5.82 Å². The number of aromatic nitrogens is 3. The van der Waals surface area contributed by atoms with Crippen LogP contribution in [0.15, 0.2) is 224 Å². The molecule has 9 aromatic carbocycles. The Balaban J connectivity index is 0.950. The van der Waals surface area contributed by atoms with Crippen LogP contribution in [0, 0.1) is 0 Å². The van der Waals surface area contributed by atoms with Crippen LogP contribution in [0.3, 0.4) is 0 Å². The summed E-state index contributed by atoms with van der Waals surface area (Å²) in [4.78, 5) is 15.7. The van der Waals surface area contributed by atoms with Crippen molar-refractivity contribution < 1.29 is 0 Å². The standard InChI is InChI=1S/C59H37N3S/c1-4-14-38(15-5-1)43-20-12-22-46(34-43)54-37-53(61-59(62-54)47-23-13-21-44(35-47)39-16-6-2-7-17-39)41-28-26-40(27-29-41)45-30-33-55-51(36-45)48-31-32-50-56(58(48)63-55)49-24-10-11-25-52(49)60-57(50)42-18-8-3-9-19-42/h1-37H. The van der Waals surface area contributed by atoms with Crippen LogP contribution in [0.1, 0.15) is 0 Å². The van der Waals surface area contributed by atoms with Gasteiger partial charge in [0.2, 0.25) is 0 Å². The van der Waals surface area contributed by atoms with Crippen molar-refractivity contribution in [3.8, 4) is 78.5 Å². The van der Waals surface area contributed by atoms with Gasteiger partial charge in [0.05, 0.1) is 22.6 Å². The van der Waals surface area contributed by atoms with Crippen LogP contribution in [0.25, 0.3) is 120 Å². The van der Waals surface area contributed by atoms with Gasteiger partial charge in [0.25, 0.3) is 0 Å². The molecule has 0 bridgehead atoms. The highest BCUT2D eigenvalue weighted by Crippen LogP contribution is 2.44. The first-order valence-electron chi connectivity index (χ1n) is 21.2. The Kier molecular flexibility index (Phi) is 9.02. The Morgan fingerprint density at radius 3 is 1.51 bits per heavy atom. The molecule has 294 valence electrons. The van der Waals surface area contributed by atoms with Crippen molar-refractivity contribution in [3.63, 3.8) is 0 Å². The van der Waals surface area contributed by atoms with Crippen LogP contribution in [0.4, 0.5) is 0 Å². The van der Waals surface area contributed by atoms with Crippen molar-refractivity contribution in [2.24, 2.45) is 0 Å². The minimum absolute atomic E-state index is 0.691. The van der Waals surface area contributed by atoms with Crippen LogP contribution >= 0.6 is 11.3 Å². The van der Waals surface area contributed by atoms with Gasteiger partial charge in [-0.1, -0.05) is 188 Å². The number of para-hydroxylation sites is 1. The Bertz CT molecular complexity index is 3550. The second-order valence-electron chi connectivity index (χ2n) is 16.0. The van der Waals surface area contributed by atoms with Gasteiger partial charge in [-0.05, 0) is 69.8 Å². The second kappa shape index (κ2) is 15.4. The largest absolute Gasteiger partial charge is 0.247 e. The molecular weight excluding hydrogens is 783 g/mol. The number of rotatable bonds is 7. The van der Waals surface area contributed by atoms with E-state index in [1.54, 1.807) is 0 Å². The summed E-state index contributed by atoms with van der Waals surface area (Å²) < 4.78 is 2.57. The average molecular weight is 820 g/mol. The van der Waals surface area contributed by atoms with Crippen LogP contribution in [-0.4, -0.2) is 15.0 Å². The summed E-state index contributed by atoms with van der Waals surface area (Å²) in [6.07, 6.45) is 0. The summed E-state index contributed by atoms with van der Waals surface area (Å²) in [6.45, 7) is 0. The molecule has 0 N–H and O–H groups in total. The molecule has 63 heavy (non-hydrogen) atoms. The van der Waals surface area contributed by atoms with Crippen molar-refractivity contribution in [3.05, 3.63) is 224 Å². The first-order valence-corrected chi connectivity index (χ1v) is 22.1. The Hall–Kier alpha value is -8.05. The summed E-state index contributed by atoms with van der Waals surface area (Å²) in [7, 11) is 0. The van der Waals surface area contributed by atoms with E-state index in [0.29, 0.717) is 5.82 Å². The zero-order chi connectivity index (χ0) is 41.7. The van der Waals surface area contributed by atoms with E-state index in [1.807, 2.05) is 17.4 Å². The molecule has 0 aliphatic rings. The van der Waals surface area contributed by atoms with Gasteiger partial charge in [-0.2, -0.15) is 0 Å². The fraction of sp³-hybridized carbons (Fsp3) is 0. The van der Waals surface area contributed by atoms with Crippen molar-refractivity contribution in [1.29, 1.82) is 0 Å². The first-order chi connectivity index (χ1) is 31.2. The highest BCUT2D eigenvalue weighted by molar-refractivity contribution is 7.26. The van der Waals surface area contributed by atoms with Gasteiger partial charge in [-0.25, -0.2) is 15.0 Å². The fourth-order valence-electron chi connectivity index (χ4n) is 8.93. The van der Waals surface area contributed by atoms with Crippen molar-refractivity contribution >= 4 is 53.2 Å². The molecule has 0 atom stereocenters. The third-order valence-corrected chi connectivity index (χ3v) is 13.3. The maximum absolute atomic E-state index is 5.24. The Morgan fingerprint density at radius 1 is 0.286 bits per heavy atom. The van der Waals surface area contributed by atoms with Crippen LogP contribution in [0.2, 0.25) is 0 Å². The predicted molar refractivity (Wildman–Crippen MR) is 266 cm³/mol. The molecule has 3 nitrogen and oxygen atoms in total.